The van der Waals surface area contributed by atoms with Crippen molar-refractivity contribution in [3.63, 3.8) is 0 Å². The van der Waals surface area contributed by atoms with Crippen LogP contribution in [0.5, 0.6) is 0 Å². The van der Waals surface area contributed by atoms with Crippen molar-refractivity contribution in [1.29, 1.82) is 0 Å². The summed E-state index contributed by atoms with van der Waals surface area (Å²) < 4.78 is 4.50. The predicted octanol–water partition coefficient (Wildman–Crippen LogP) is 4.37. The Kier molecular flexibility index (Phi) is 6.74. The maximum Gasteiger partial charge on any atom is 0.411 e. The summed E-state index contributed by atoms with van der Waals surface area (Å²) in [5, 5.41) is 5.81. The third-order valence-electron chi connectivity index (χ3n) is 3.69. The van der Waals surface area contributed by atoms with Gasteiger partial charge in [-0.3, -0.25) is 14.9 Å². The molecule has 136 valence electrons. The topological polar surface area (TPSA) is 84.5 Å². The second-order valence-electron chi connectivity index (χ2n) is 5.72. The van der Waals surface area contributed by atoms with E-state index in [1.165, 1.54) is 7.11 Å². The molecule has 0 aliphatic carbocycles. The van der Waals surface area contributed by atoms with E-state index in [2.05, 4.69) is 15.4 Å². The molecule has 0 saturated heterocycles. The van der Waals surface area contributed by atoms with E-state index in [0.29, 0.717) is 22.0 Å². The molecule has 2 N–H and O–H groups in total. The van der Waals surface area contributed by atoms with Gasteiger partial charge in [0.25, 0.3) is 0 Å². The van der Waals surface area contributed by atoms with Gasteiger partial charge < -0.3 is 10.1 Å². The van der Waals surface area contributed by atoms with E-state index >= 15 is 0 Å². The van der Waals surface area contributed by atoms with E-state index in [1.54, 1.807) is 55.5 Å². The number of anilines is 2. The standard InChI is InChI=1S/C19H19ClN2O4/c1-12(11-17(23)13-3-5-14(20)6-4-13)18(24)21-15-7-9-16(10-8-15)22-19(25)26-2/h3-10,12H,11H2,1-2H3,(H,21,24)(H,22,25). The maximum atomic E-state index is 12.3. The summed E-state index contributed by atoms with van der Waals surface area (Å²) >= 11 is 5.80. The van der Waals surface area contributed by atoms with Crippen LogP contribution in [0.1, 0.15) is 23.7 Å². The van der Waals surface area contributed by atoms with E-state index in [0.717, 1.165) is 0 Å². The number of carbonyl (C=O) groups excluding carboxylic acids is 3. The van der Waals surface area contributed by atoms with E-state index in [9.17, 15) is 14.4 Å². The molecule has 2 aromatic carbocycles. The lowest BCUT2D eigenvalue weighted by atomic mass is 9.99. The molecule has 0 aliphatic heterocycles. The molecule has 1 unspecified atom stereocenters. The Bertz CT molecular complexity index is 788. The van der Waals surface area contributed by atoms with Crippen molar-refractivity contribution in [2.75, 3.05) is 17.7 Å². The Balaban J connectivity index is 1.91. The number of halogens is 1. The highest BCUT2D eigenvalue weighted by atomic mass is 35.5. The van der Waals surface area contributed by atoms with E-state index in [-0.39, 0.29) is 18.1 Å². The predicted molar refractivity (Wildman–Crippen MR) is 101 cm³/mol. The minimum atomic E-state index is -0.573. The van der Waals surface area contributed by atoms with Crippen LogP contribution in [-0.4, -0.2) is 24.9 Å². The first-order valence-electron chi connectivity index (χ1n) is 7.93. The van der Waals surface area contributed by atoms with Crippen molar-refractivity contribution in [3.8, 4) is 0 Å². The van der Waals surface area contributed by atoms with Gasteiger partial charge in [-0.2, -0.15) is 0 Å². The molecule has 26 heavy (non-hydrogen) atoms. The Morgan fingerprint density at radius 1 is 0.962 bits per heavy atom. The highest BCUT2D eigenvalue weighted by Gasteiger charge is 2.18. The number of nitrogens with one attached hydrogen (secondary N) is 2. The van der Waals surface area contributed by atoms with Crippen LogP contribution in [0.4, 0.5) is 16.2 Å². The Labute approximate surface area is 156 Å². The van der Waals surface area contributed by atoms with Gasteiger partial charge in [0.1, 0.15) is 0 Å². The lowest BCUT2D eigenvalue weighted by molar-refractivity contribution is -0.119. The molecule has 0 fully saturated rings. The number of methoxy groups -OCH3 is 1. The minimum absolute atomic E-state index is 0.0927. The average Bonchev–Trinajstić information content (AvgIpc) is 2.63. The van der Waals surface area contributed by atoms with Gasteiger partial charge in [0.05, 0.1) is 7.11 Å². The zero-order valence-electron chi connectivity index (χ0n) is 14.4. The van der Waals surface area contributed by atoms with Gasteiger partial charge in [-0.15, -0.1) is 0 Å². The lowest BCUT2D eigenvalue weighted by Gasteiger charge is -2.12. The second-order valence-corrected chi connectivity index (χ2v) is 6.15. The molecule has 0 aromatic heterocycles. The van der Waals surface area contributed by atoms with Crippen LogP contribution >= 0.6 is 11.6 Å². The normalized spacial score (nSPS) is 11.3. The largest absolute Gasteiger partial charge is 0.453 e. The number of hydrogen-bond donors (Lipinski definition) is 2. The fourth-order valence-electron chi connectivity index (χ4n) is 2.20. The van der Waals surface area contributed by atoms with Crippen LogP contribution in [-0.2, 0) is 9.53 Å². The molecule has 6 nitrogen and oxygen atoms in total. The van der Waals surface area contributed by atoms with E-state index in [1.807, 2.05) is 0 Å². The summed E-state index contributed by atoms with van der Waals surface area (Å²) in [6.07, 6.45) is -0.480. The number of ketones is 1. The smallest absolute Gasteiger partial charge is 0.411 e. The van der Waals surface area contributed by atoms with Crippen LogP contribution in [0, 0.1) is 5.92 Å². The van der Waals surface area contributed by atoms with Gasteiger partial charge in [-0.25, -0.2) is 4.79 Å². The fraction of sp³-hybridized carbons (Fsp3) is 0.211. The molecule has 2 amide bonds. The van der Waals surface area contributed by atoms with E-state index in [4.69, 9.17) is 11.6 Å². The average molecular weight is 375 g/mol. The summed E-state index contributed by atoms with van der Waals surface area (Å²) in [5.41, 5.74) is 1.63. The SMILES string of the molecule is COC(=O)Nc1ccc(NC(=O)C(C)CC(=O)c2ccc(Cl)cc2)cc1. The number of benzene rings is 2. The number of Topliss-reactive ketones (excluding diaryl/α,β-unsaturated/α-hetero) is 1. The Morgan fingerprint density at radius 3 is 2.04 bits per heavy atom. The number of hydrogen-bond acceptors (Lipinski definition) is 4. The molecule has 0 heterocycles. The van der Waals surface area contributed by atoms with Gasteiger partial charge in [0.2, 0.25) is 5.91 Å². The number of ether oxygens (including phenoxy) is 1. The van der Waals surface area contributed by atoms with Gasteiger partial charge >= 0.3 is 6.09 Å². The minimum Gasteiger partial charge on any atom is -0.453 e. The molecular formula is C19H19ClN2O4. The van der Waals surface area contributed by atoms with Crippen LogP contribution in [0.3, 0.4) is 0 Å². The fourth-order valence-corrected chi connectivity index (χ4v) is 2.32. The highest BCUT2D eigenvalue weighted by Crippen LogP contribution is 2.17. The Hall–Kier alpha value is -2.86. The van der Waals surface area contributed by atoms with Crippen molar-refractivity contribution >= 4 is 40.8 Å². The molecular weight excluding hydrogens is 356 g/mol. The zero-order valence-corrected chi connectivity index (χ0v) is 15.2. The third kappa shape index (κ3) is 5.60. The molecule has 0 saturated carbocycles. The van der Waals surface area contributed by atoms with Crippen molar-refractivity contribution < 1.29 is 19.1 Å². The van der Waals surface area contributed by atoms with Crippen molar-refractivity contribution in [2.24, 2.45) is 5.92 Å². The summed E-state index contributed by atoms with van der Waals surface area (Å²) in [6, 6.07) is 13.1. The van der Waals surface area contributed by atoms with Crippen molar-refractivity contribution in [3.05, 3.63) is 59.1 Å². The quantitative estimate of drug-likeness (QED) is 0.735. The first kappa shape index (κ1) is 19.5. The summed E-state index contributed by atoms with van der Waals surface area (Å²) in [4.78, 5) is 35.6. The van der Waals surface area contributed by atoms with Crippen LogP contribution in [0.25, 0.3) is 0 Å². The van der Waals surface area contributed by atoms with E-state index < -0.39 is 12.0 Å². The van der Waals surface area contributed by atoms with Crippen LogP contribution in [0.15, 0.2) is 48.5 Å². The zero-order chi connectivity index (χ0) is 19.1. The molecule has 1 atom stereocenters. The molecule has 0 radical (unpaired) electrons. The molecule has 2 rings (SSSR count). The number of amides is 2. The molecule has 7 heteroatoms. The van der Waals surface area contributed by atoms with Crippen molar-refractivity contribution in [1.82, 2.24) is 0 Å². The first-order valence-corrected chi connectivity index (χ1v) is 8.31. The molecule has 0 aliphatic rings. The van der Waals surface area contributed by atoms with Crippen LogP contribution in [0.2, 0.25) is 5.02 Å². The first-order chi connectivity index (χ1) is 12.4. The molecule has 0 bridgehead atoms. The summed E-state index contributed by atoms with van der Waals surface area (Å²) in [6.45, 7) is 1.69. The van der Waals surface area contributed by atoms with Crippen LogP contribution < -0.4 is 10.6 Å². The van der Waals surface area contributed by atoms with Crippen molar-refractivity contribution in [2.45, 2.75) is 13.3 Å². The molecule has 2 aromatic rings. The number of rotatable bonds is 6. The monoisotopic (exact) mass is 374 g/mol. The third-order valence-corrected chi connectivity index (χ3v) is 3.94. The highest BCUT2D eigenvalue weighted by molar-refractivity contribution is 6.30. The molecule has 0 spiro atoms. The second kappa shape index (κ2) is 9.01. The van der Waals surface area contributed by atoms with Gasteiger partial charge in [0, 0.05) is 34.3 Å². The van der Waals surface area contributed by atoms with Gasteiger partial charge in [-0.05, 0) is 48.5 Å². The van der Waals surface area contributed by atoms with Gasteiger partial charge in [0.15, 0.2) is 5.78 Å². The lowest BCUT2D eigenvalue weighted by Crippen LogP contribution is -2.23. The van der Waals surface area contributed by atoms with Gasteiger partial charge in [-0.1, -0.05) is 18.5 Å². The summed E-state index contributed by atoms with van der Waals surface area (Å²) in [7, 11) is 1.27. The number of carbonyl (C=O) groups is 3. The maximum absolute atomic E-state index is 12.3. The summed E-state index contributed by atoms with van der Waals surface area (Å²) in [5.74, 6) is -0.881. The Morgan fingerprint density at radius 2 is 1.50 bits per heavy atom.